The summed E-state index contributed by atoms with van der Waals surface area (Å²) in [6.07, 6.45) is 0. The van der Waals surface area contributed by atoms with Crippen LogP contribution in [-0.4, -0.2) is 7.11 Å². The predicted molar refractivity (Wildman–Crippen MR) is 83.6 cm³/mol. The van der Waals surface area contributed by atoms with E-state index < -0.39 is 0 Å². The van der Waals surface area contributed by atoms with Gasteiger partial charge in [-0.1, -0.05) is 31.9 Å². The second kappa shape index (κ2) is 6.30. The fourth-order valence-electron chi connectivity index (χ4n) is 1.67. The molecule has 0 aliphatic rings. The molecule has 2 aromatic carbocycles. The van der Waals surface area contributed by atoms with Crippen LogP contribution in [0.2, 0.25) is 0 Å². The summed E-state index contributed by atoms with van der Waals surface area (Å²) in [7, 11) is 1.64. The monoisotopic (exact) mass is 385 g/mol. The Morgan fingerprint density at radius 3 is 2.26 bits per heavy atom. The van der Waals surface area contributed by atoms with Crippen LogP contribution in [0.3, 0.4) is 0 Å². The van der Waals surface area contributed by atoms with E-state index in [1.807, 2.05) is 36.4 Å². The Balaban J connectivity index is 2.16. The zero-order chi connectivity index (χ0) is 13.8. The van der Waals surface area contributed by atoms with Gasteiger partial charge in [0.1, 0.15) is 18.1 Å². The van der Waals surface area contributed by atoms with Crippen LogP contribution in [0.4, 0.5) is 5.69 Å². The van der Waals surface area contributed by atoms with Gasteiger partial charge >= 0.3 is 0 Å². The summed E-state index contributed by atoms with van der Waals surface area (Å²) in [5, 5.41) is 0. The third kappa shape index (κ3) is 3.64. The van der Waals surface area contributed by atoms with Gasteiger partial charge in [0.05, 0.1) is 12.8 Å². The van der Waals surface area contributed by atoms with E-state index in [1.54, 1.807) is 7.11 Å². The number of anilines is 1. The van der Waals surface area contributed by atoms with Crippen molar-refractivity contribution in [3.63, 3.8) is 0 Å². The normalized spacial score (nSPS) is 10.3. The van der Waals surface area contributed by atoms with E-state index in [2.05, 4.69) is 31.9 Å². The topological polar surface area (TPSA) is 44.5 Å². The first-order valence-electron chi connectivity index (χ1n) is 5.60. The van der Waals surface area contributed by atoms with Crippen molar-refractivity contribution in [1.82, 2.24) is 0 Å². The first-order chi connectivity index (χ1) is 9.10. The number of nitrogen functional groups attached to an aromatic ring is 1. The third-order valence-electron chi connectivity index (χ3n) is 2.60. The van der Waals surface area contributed by atoms with Crippen LogP contribution in [0.15, 0.2) is 45.3 Å². The highest BCUT2D eigenvalue weighted by Gasteiger charge is 2.06. The second-order valence-electron chi connectivity index (χ2n) is 3.93. The van der Waals surface area contributed by atoms with Crippen LogP contribution in [0, 0.1) is 0 Å². The molecule has 3 nitrogen and oxygen atoms in total. The van der Waals surface area contributed by atoms with Crippen molar-refractivity contribution in [2.24, 2.45) is 0 Å². The molecule has 0 saturated heterocycles. The molecule has 0 fully saturated rings. The number of ether oxygens (including phenoxy) is 2. The molecule has 2 aromatic rings. The summed E-state index contributed by atoms with van der Waals surface area (Å²) in [4.78, 5) is 0. The Bertz CT molecular complexity index is 588. The molecule has 0 bridgehead atoms. The summed E-state index contributed by atoms with van der Waals surface area (Å²) in [5.41, 5.74) is 7.45. The van der Waals surface area contributed by atoms with Gasteiger partial charge in [-0.2, -0.15) is 0 Å². The molecule has 19 heavy (non-hydrogen) atoms. The number of hydrogen-bond donors (Lipinski definition) is 1. The number of methoxy groups -OCH3 is 1. The first kappa shape index (κ1) is 14.2. The lowest BCUT2D eigenvalue weighted by atomic mass is 10.2. The highest BCUT2D eigenvalue weighted by atomic mass is 79.9. The van der Waals surface area contributed by atoms with Crippen molar-refractivity contribution < 1.29 is 9.47 Å². The van der Waals surface area contributed by atoms with Gasteiger partial charge in [0.2, 0.25) is 0 Å². The molecule has 0 atom stereocenters. The van der Waals surface area contributed by atoms with Crippen molar-refractivity contribution in [2.45, 2.75) is 6.61 Å². The summed E-state index contributed by atoms with van der Waals surface area (Å²) < 4.78 is 12.9. The van der Waals surface area contributed by atoms with Crippen molar-refractivity contribution in [3.05, 3.63) is 50.9 Å². The van der Waals surface area contributed by atoms with Crippen LogP contribution in [0.1, 0.15) is 5.56 Å². The van der Waals surface area contributed by atoms with Gasteiger partial charge in [-0.05, 0) is 36.4 Å². The number of hydrogen-bond acceptors (Lipinski definition) is 3. The zero-order valence-corrected chi connectivity index (χ0v) is 13.5. The smallest absolute Gasteiger partial charge is 0.142 e. The van der Waals surface area contributed by atoms with Gasteiger partial charge < -0.3 is 15.2 Å². The molecule has 100 valence electrons. The van der Waals surface area contributed by atoms with Crippen LogP contribution >= 0.6 is 31.9 Å². The quantitative estimate of drug-likeness (QED) is 0.793. The number of nitrogens with two attached hydrogens (primary N) is 1. The Morgan fingerprint density at radius 2 is 1.63 bits per heavy atom. The van der Waals surface area contributed by atoms with E-state index >= 15 is 0 Å². The molecule has 0 heterocycles. The third-order valence-corrected chi connectivity index (χ3v) is 3.58. The average Bonchev–Trinajstić information content (AvgIpc) is 2.38. The standard InChI is InChI=1S/C14H13Br2NO2/c1-18-13-4-2-10(15)6-9(13)8-19-14-5-3-11(16)7-12(14)17/h2-7H,8,17H2,1H3. The Kier molecular flexibility index (Phi) is 4.71. The molecule has 2 N–H and O–H groups in total. The molecule has 0 radical (unpaired) electrons. The lowest BCUT2D eigenvalue weighted by molar-refractivity contribution is 0.298. The fourth-order valence-corrected chi connectivity index (χ4v) is 2.45. The minimum absolute atomic E-state index is 0.397. The maximum absolute atomic E-state index is 5.89. The minimum Gasteiger partial charge on any atom is -0.496 e. The van der Waals surface area contributed by atoms with Gasteiger partial charge in [0.15, 0.2) is 0 Å². The molecule has 0 aliphatic heterocycles. The number of benzene rings is 2. The van der Waals surface area contributed by atoms with Crippen molar-refractivity contribution in [2.75, 3.05) is 12.8 Å². The molecule has 0 spiro atoms. The minimum atomic E-state index is 0.397. The summed E-state index contributed by atoms with van der Waals surface area (Å²) in [5.74, 6) is 1.45. The first-order valence-corrected chi connectivity index (χ1v) is 7.19. The molecule has 0 aliphatic carbocycles. The van der Waals surface area contributed by atoms with Gasteiger partial charge in [-0.15, -0.1) is 0 Å². The Labute approximate surface area is 129 Å². The molecule has 0 unspecified atom stereocenters. The van der Waals surface area contributed by atoms with Crippen molar-refractivity contribution >= 4 is 37.5 Å². The summed E-state index contributed by atoms with van der Waals surface area (Å²) >= 11 is 6.80. The van der Waals surface area contributed by atoms with Crippen LogP contribution in [0.5, 0.6) is 11.5 Å². The van der Waals surface area contributed by atoms with Gasteiger partial charge in [-0.25, -0.2) is 0 Å². The molecule has 0 amide bonds. The predicted octanol–water partition coefficient (Wildman–Crippen LogP) is 4.38. The van der Waals surface area contributed by atoms with Gasteiger partial charge in [0, 0.05) is 14.5 Å². The van der Waals surface area contributed by atoms with E-state index in [1.165, 1.54) is 0 Å². The SMILES string of the molecule is COc1ccc(Br)cc1COc1ccc(Br)cc1N. The number of halogens is 2. The average molecular weight is 387 g/mol. The van der Waals surface area contributed by atoms with E-state index in [0.29, 0.717) is 18.0 Å². The highest BCUT2D eigenvalue weighted by molar-refractivity contribution is 9.10. The van der Waals surface area contributed by atoms with Crippen LogP contribution in [0.25, 0.3) is 0 Å². The second-order valence-corrected chi connectivity index (χ2v) is 5.76. The van der Waals surface area contributed by atoms with E-state index in [4.69, 9.17) is 15.2 Å². The van der Waals surface area contributed by atoms with E-state index in [-0.39, 0.29) is 0 Å². The lowest BCUT2D eigenvalue weighted by Gasteiger charge is -2.12. The molecule has 2 rings (SSSR count). The maximum Gasteiger partial charge on any atom is 0.142 e. The van der Waals surface area contributed by atoms with Gasteiger partial charge in [-0.3, -0.25) is 0 Å². The summed E-state index contributed by atoms with van der Waals surface area (Å²) in [6, 6.07) is 11.3. The maximum atomic E-state index is 5.89. The molecule has 0 saturated carbocycles. The largest absolute Gasteiger partial charge is 0.496 e. The zero-order valence-electron chi connectivity index (χ0n) is 10.3. The summed E-state index contributed by atoms with van der Waals surface area (Å²) in [6.45, 7) is 0.397. The Morgan fingerprint density at radius 1 is 1.00 bits per heavy atom. The number of rotatable bonds is 4. The van der Waals surface area contributed by atoms with Gasteiger partial charge in [0.25, 0.3) is 0 Å². The lowest BCUT2D eigenvalue weighted by Crippen LogP contribution is -2.01. The van der Waals surface area contributed by atoms with Crippen LogP contribution in [-0.2, 0) is 6.61 Å². The highest BCUT2D eigenvalue weighted by Crippen LogP contribution is 2.28. The van der Waals surface area contributed by atoms with Crippen molar-refractivity contribution in [1.29, 1.82) is 0 Å². The van der Waals surface area contributed by atoms with E-state index in [9.17, 15) is 0 Å². The van der Waals surface area contributed by atoms with E-state index in [0.717, 1.165) is 20.3 Å². The van der Waals surface area contributed by atoms with Crippen LogP contribution < -0.4 is 15.2 Å². The Hall–Kier alpha value is -1.20. The molecular weight excluding hydrogens is 374 g/mol. The fraction of sp³-hybridized carbons (Fsp3) is 0.143. The molecule has 0 aromatic heterocycles. The molecular formula is C14H13Br2NO2. The molecule has 5 heteroatoms. The van der Waals surface area contributed by atoms with Crippen molar-refractivity contribution in [3.8, 4) is 11.5 Å².